The van der Waals surface area contributed by atoms with Crippen LogP contribution in [0.1, 0.15) is 34.3 Å². The maximum absolute atomic E-state index is 12.5. The standard InChI is InChI=1S/C32H32BN2O6/c36-31(38-21-25-13-5-1-6-14-25)34-29(27-17-9-3-10-18-27)23-40-33-41-24-30(28-19-11-4-12-20-28)35-32(37)39-22-26-15-7-2-8-16-26/h1-20,29-30H,21-24H2,(H,34,36)(H,35,37)/t29-,30-/m1/s1. The minimum absolute atomic E-state index is 0.104. The highest BCUT2D eigenvalue weighted by Crippen LogP contribution is 2.16. The van der Waals surface area contributed by atoms with Gasteiger partial charge in [0, 0.05) is 0 Å². The highest BCUT2D eigenvalue weighted by molar-refractivity contribution is 6.17. The molecular weight excluding hydrogens is 519 g/mol. The Kier molecular flexibility index (Phi) is 11.8. The summed E-state index contributed by atoms with van der Waals surface area (Å²) in [5.41, 5.74) is 3.48. The van der Waals surface area contributed by atoms with Gasteiger partial charge >= 0.3 is 19.9 Å². The molecule has 0 spiro atoms. The molecule has 0 aliphatic rings. The van der Waals surface area contributed by atoms with Crippen LogP contribution in [0.15, 0.2) is 121 Å². The van der Waals surface area contributed by atoms with E-state index in [-0.39, 0.29) is 26.4 Å². The molecule has 9 heteroatoms. The molecule has 209 valence electrons. The van der Waals surface area contributed by atoms with E-state index in [1.807, 2.05) is 121 Å². The number of nitrogens with one attached hydrogen (secondary N) is 2. The van der Waals surface area contributed by atoms with Crippen molar-refractivity contribution in [1.29, 1.82) is 0 Å². The predicted molar refractivity (Wildman–Crippen MR) is 156 cm³/mol. The monoisotopic (exact) mass is 551 g/mol. The SMILES string of the molecule is O=C(N[C@H](CO[B]OC[C@@H](NC(=O)OCc1ccccc1)c1ccccc1)c1ccccc1)OCc1ccccc1. The van der Waals surface area contributed by atoms with Crippen molar-refractivity contribution < 1.29 is 28.4 Å². The Bertz CT molecular complexity index is 1210. The lowest BCUT2D eigenvalue weighted by Gasteiger charge is -2.21. The molecule has 2 atom stereocenters. The van der Waals surface area contributed by atoms with Crippen molar-refractivity contribution in [2.24, 2.45) is 0 Å². The van der Waals surface area contributed by atoms with Crippen molar-refractivity contribution in [3.05, 3.63) is 144 Å². The molecule has 4 rings (SSSR count). The highest BCUT2D eigenvalue weighted by atomic mass is 16.6. The first kappa shape index (κ1) is 29.4. The predicted octanol–water partition coefficient (Wildman–Crippen LogP) is 5.89. The molecule has 0 aliphatic carbocycles. The van der Waals surface area contributed by atoms with Gasteiger partial charge in [0.1, 0.15) is 13.2 Å². The fraction of sp³-hybridized carbons (Fsp3) is 0.188. The molecule has 0 aliphatic heterocycles. The van der Waals surface area contributed by atoms with Crippen LogP contribution in [0.3, 0.4) is 0 Å². The van der Waals surface area contributed by atoms with E-state index in [1.54, 1.807) is 0 Å². The third-order valence-electron chi connectivity index (χ3n) is 6.08. The normalized spacial score (nSPS) is 12.0. The van der Waals surface area contributed by atoms with Crippen molar-refractivity contribution in [2.75, 3.05) is 13.2 Å². The van der Waals surface area contributed by atoms with Gasteiger partial charge in [-0.25, -0.2) is 9.59 Å². The minimum Gasteiger partial charge on any atom is -0.445 e. The second kappa shape index (κ2) is 16.5. The van der Waals surface area contributed by atoms with Gasteiger partial charge in [-0.3, -0.25) is 0 Å². The summed E-state index contributed by atoms with van der Waals surface area (Å²) >= 11 is 0. The Morgan fingerprint density at radius 3 is 1.24 bits per heavy atom. The molecule has 4 aromatic rings. The van der Waals surface area contributed by atoms with Crippen LogP contribution in [0.2, 0.25) is 0 Å². The number of carbonyl (C=O) groups is 2. The van der Waals surface area contributed by atoms with Crippen molar-refractivity contribution in [2.45, 2.75) is 25.3 Å². The van der Waals surface area contributed by atoms with E-state index in [9.17, 15) is 9.59 Å². The smallest absolute Gasteiger partial charge is 0.445 e. The van der Waals surface area contributed by atoms with Gasteiger partial charge in [-0.2, -0.15) is 0 Å². The van der Waals surface area contributed by atoms with E-state index in [0.717, 1.165) is 22.3 Å². The number of carbonyl (C=O) groups excluding carboxylic acids is 2. The molecule has 0 fully saturated rings. The second-order valence-corrected chi connectivity index (χ2v) is 9.10. The summed E-state index contributed by atoms with van der Waals surface area (Å²) in [4.78, 5) is 25.0. The van der Waals surface area contributed by atoms with E-state index in [4.69, 9.17) is 18.8 Å². The van der Waals surface area contributed by atoms with Gasteiger partial charge in [0.15, 0.2) is 0 Å². The Morgan fingerprint density at radius 2 is 0.878 bits per heavy atom. The number of alkyl carbamates (subject to hydrolysis) is 2. The summed E-state index contributed by atoms with van der Waals surface area (Å²) in [6.07, 6.45) is -1.12. The van der Waals surface area contributed by atoms with Crippen LogP contribution in [0, 0.1) is 0 Å². The molecule has 0 bridgehead atoms. The zero-order valence-electron chi connectivity index (χ0n) is 22.6. The van der Waals surface area contributed by atoms with Crippen LogP contribution >= 0.6 is 0 Å². The first-order chi connectivity index (χ1) is 20.2. The van der Waals surface area contributed by atoms with Crippen molar-refractivity contribution in [3.63, 3.8) is 0 Å². The molecule has 2 amide bonds. The Balaban J connectivity index is 1.26. The Morgan fingerprint density at radius 1 is 0.537 bits per heavy atom. The molecule has 0 aromatic heterocycles. The highest BCUT2D eigenvalue weighted by Gasteiger charge is 2.19. The minimum atomic E-state index is -0.561. The molecule has 0 saturated carbocycles. The van der Waals surface area contributed by atoms with Crippen LogP contribution in [-0.4, -0.2) is 33.1 Å². The maximum atomic E-state index is 12.5. The number of hydrogen-bond acceptors (Lipinski definition) is 6. The topological polar surface area (TPSA) is 95.1 Å². The average molecular weight is 551 g/mol. The largest absolute Gasteiger partial charge is 0.488 e. The third-order valence-corrected chi connectivity index (χ3v) is 6.08. The lowest BCUT2D eigenvalue weighted by molar-refractivity contribution is 0.124. The first-order valence-corrected chi connectivity index (χ1v) is 13.3. The van der Waals surface area contributed by atoms with Gasteiger partial charge in [0.25, 0.3) is 0 Å². The van der Waals surface area contributed by atoms with Crippen LogP contribution < -0.4 is 10.6 Å². The summed E-state index contributed by atoms with van der Waals surface area (Å²) in [6, 6.07) is 36.8. The number of benzene rings is 4. The van der Waals surface area contributed by atoms with Gasteiger partial charge in [-0.05, 0) is 22.3 Å². The van der Waals surface area contributed by atoms with Gasteiger partial charge in [0.2, 0.25) is 0 Å². The number of ether oxygens (including phenoxy) is 2. The summed E-state index contributed by atoms with van der Waals surface area (Å²) in [5, 5.41) is 5.69. The Hall–Kier alpha value is -4.60. The third kappa shape index (κ3) is 10.5. The molecule has 4 aromatic carbocycles. The van der Waals surface area contributed by atoms with E-state index in [2.05, 4.69) is 10.6 Å². The zero-order valence-corrected chi connectivity index (χ0v) is 22.6. The lowest BCUT2D eigenvalue weighted by atomic mass is 10.1. The fourth-order valence-electron chi connectivity index (χ4n) is 3.95. The van der Waals surface area contributed by atoms with Crippen LogP contribution in [0.25, 0.3) is 0 Å². The molecule has 41 heavy (non-hydrogen) atoms. The summed E-state index contributed by atoms with van der Waals surface area (Å²) in [5.74, 6) is 0. The lowest BCUT2D eigenvalue weighted by Crippen LogP contribution is -2.34. The maximum Gasteiger partial charge on any atom is 0.488 e. The van der Waals surface area contributed by atoms with E-state index < -0.39 is 24.3 Å². The first-order valence-electron chi connectivity index (χ1n) is 13.3. The van der Waals surface area contributed by atoms with Crippen molar-refractivity contribution >= 4 is 19.9 Å². The van der Waals surface area contributed by atoms with Crippen LogP contribution in [0.4, 0.5) is 9.59 Å². The van der Waals surface area contributed by atoms with E-state index in [1.165, 1.54) is 7.69 Å². The summed E-state index contributed by atoms with van der Waals surface area (Å²) < 4.78 is 22.0. The van der Waals surface area contributed by atoms with Gasteiger partial charge < -0.3 is 29.4 Å². The van der Waals surface area contributed by atoms with Gasteiger partial charge in [-0.15, -0.1) is 0 Å². The van der Waals surface area contributed by atoms with Gasteiger partial charge in [-0.1, -0.05) is 121 Å². The Labute approximate surface area is 240 Å². The molecule has 2 N–H and O–H groups in total. The van der Waals surface area contributed by atoms with Crippen LogP contribution in [0.5, 0.6) is 0 Å². The van der Waals surface area contributed by atoms with Crippen LogP contribution in [-0.2, 0) is 32.0 Å². The fourth-order valence-corrected chi connectivity index (χ4v) is 3.95. The molecule has 0 heterocycles. The molecule has 0 saturated heterocycles. The molecular formula is C32H32BN2O6. The zero-order chi connectivity index (χ0) is 28.5. The van der Waals surface area contributed by atoms with Crippen molar-refractivity contribution in [3.8, 4) is 0 Å². The van der Waals surface area contributed by atoms with E-state index in [0.29, 0.717) is 0 Å². The quantitative estimate of drug-likeness (QED) is 0.150. The molecule has 1 radical (unpaired) electrons. The number of hydrogen-bond donors (Lipinski definition) is 2. The summed E-state index contributed by atoms with van der Waals surface area (Å²) in [7, 11) is 1.21. The molecule has 0 unspecified atom stereocenters. The second-order valence-electron chi connectivity index (χ2n) is 9.10. The van der Waals surface area contributed by atoms with Gasteiger partial charge in [0.05, 0.1) is 25.3 Å². The number of amides is 2. The van der Waals surface area contributed by atoms with E-state index >= 15 is 0 Å². The number of rotatable bonds is 14. The summed E-state index contributed by atoms with van der Waals surface area (Å²) in [6.45, 7) is 0.526. The average Bonchev–Trinajstić information content (AvgIpc) is 3.03. The van der Waals surface area contributed by atoms with Crippen molar-refractivity contribution in [1.82, 2.24) is 10.6 Å². The molecule has 8 nitrogen and oxygen atoms in total.